The van der Waals surface area contributed by atoms with E-state index < -0.39 is 12.1 Å². The van der Waals surface area contributed by atoms with Crippen molar-refractivity contribution in [1.82, 2.24) is 5.32 Å². The SMILES string of the molecule is CC/C=C/C(=O)O[C@H](C)C(=O)NCc1ccccc1Cl. The average molecular weight is 296 g/mol. The van der Waals surface area contributed by atoms with Crippen LogP contribution in [0.15, 0.2) is 36.4 Å². The van der Waals surface area contributed by atoms with Crippen molar-refractivity contribution in [2.45, 2.75) is 32.9 Å². The summed E-state index contributed by atoms with van der Waals surface area (Å²) < 4.78 is 4.96. The van der Waals surface area contributed by atoms with Gasteiger partial charge in [0.05, 0.1) is 0 Å². The fourth-order valence-corrected chi connectivity index (χ4v) is 1.65. The molecule has 20 heavy (non-hydrogen) atoms. The van der Waals surface area contributed by atoms with Gasteiger partial charge in [-0.05, 0) is 25.0 Å². The molecule has 0 radical (unpaired) electrons. The zero-order valence-corrected chi connectivity index (χ0v) is 12.3. The first-order valence-electron chi connectivity index (χ1n) is 6.42. The van der Waals surface area contributed by atoms with Gasteiger partial charge in [-0.1, -0.05) is 42.8 Å². The van der Waals surface area contributed by atoms with Crippen molar-refractivity contribution in [2.24, 2.45) is 0 Å². The van der Waals surface area contributed by atoms with E-state index in [0.29, 0.717) is 11.6 Å². The highest BCUT2D eigenvalue weighted by Gasteiger charge is 2.16. The van der Waals surface area contributed by atoms with Gasteiger partial charge in [-0.3, -0.25) is 4.79 Å². The Hall–Kier alpha value is -1.81. The van der Waals surface area contributed by atoms with Gasteiger partial charge < -0.3 is 10.1 Å². The Kier molecular flexibility index (Phi) is 6.81. The summed E-state index contributed by atoms with van der Waals surface area (Å²) in [5.74, 6) is -0.879. The molecule has 1 aromatic rings. The van der Waals surface area contributed by atoms with E-state index in [9.17, 15) is 9.59 Å². The fourth-order valence-electron chi connectivity index (χ4n) is 1.45. The van der Waals surface area contributed by atoms with Crippen molar-refractivity contribution in [3.05, 3.63) is 47.0 Å². The zero-order valence-electron chi connectivity index (χ0n) is 11.6. The topological polar surface area (TPSA) is 55.4 Å². The van der Waals surface area contributed by atoms with Crippen LogP contribution < -0.4 is 5.32 Å². The van der Waals surface area contributed by atoms with Gasteiger partial charge in [-0.25, -0.2) is 4.79 Å². The van der Waals surface area contributed by atoms with Crippen molar-refractivity contribution in [3.63, 3.8) is 0 Å². The number of carbonyl (C=O) groups excluding carboxylic acids is 2. The molecule has 0 saturated heterocycles. The minimum absolute atomic E-state index is 0.297. The smallest absolute Gasteiger partial charge is 0.331 e. The Morgan fingerprint density at radius 3 is 2.75 bits per heavy atom. The Balaban J connectivity index is 2.44. The van der Waals surface area contributed by atoms with Crippen molar-refractivity contribution < 1.29 is 14.3 Å². The van der Waals surface area contributed by atoms with Gasteiger partial charge in [0, 0.05) is 17.6 Å². The molecule has 0 aliphatic carbocycles. The molecule has 1 aromatic carbocycles. The van der Waals surface area contributed by atoms with Crippen molar-refractivity contribution in [2.75, 3.05) is 0 Å². The van der Waals surface area contributed by atoms with Crippen LogP contribution in [0.4, 0.5) is 0 Å². The third-order valence-corrected chi connectivity index (χ3v) is 2.93. The lowest BCUT2D eigenvalue weighted by molar-refractivity contribution is -0.150. The third-order valence-electron chi connectivity index (χ3n) is 2.56. The minimum atomic E-state index is -0.841. The van der Waals surface area contributed by atoms with Gasteiger partial charge in [0.2, 0.25) is 0 Å². The number of halogens is 1. The average Bonchev–Trinajstić information content (AvgIpc) is 2.43. The predicted octanol–water partition coefficient (Wildman–Crippen LogP) is 2.85. The third kappa shape index (κ3) is 5.45. The van der Waals surface area contributed by atoms with E-state index in [1.54, 1.807) is 12.1 Å². The number of allylic oxidation sites excluding steroid dienone is 1. The summed E-state index contributed by atoms with van der Waals surface area (Å²) in [4.78, 5) is 23.1. The first-order chi connectivity index (χ1) is 9.54. The lowest BCUT2D eigenvalue weighted by atomic mass is 10.2. The van der Waals surface area contributed by atoms with Crippen LogP contribution in [0.1, 0.15) is 25.8 Å². The lowest BCUT2D eigenvalue weighted by Crippen LogP contribution is -2.35. The van der Waals surface area contributed by atoms with E-state index in [-0.39, 0.29) is 5.91 Å². The second-order valence-electron chi connectivity index (χ2n) is 4.20. The molecule has 0 heterocycles. The number of hydrogen-bond acceptors (Lipinski definition) is 3. The summed E-state index contributed by atoms with van der Waals surface area (Å²) in [5, 5.41) is 3.26. The summed E-state index contributed by atoms with van der Waals surface area (Å²) in [7, 11) is 0. The van der Waals surface area contributed by atoms with Crippen LogP contribution in [-0.2, 0) is 20.9 Å². The molecular formula is C15H18ClNO3. The van der Waals surface area contributed by atoms with Crippen LogP contribution in [0.5, 0.6) is 0 Å². The number of benzene rings is 1. The van der Waals surface area contributed by atoms with Gasteiger partial charge in [0.25, 0.3) is 5.91 Å². The number of rotatable bonds is 6. The molecule has 0 aliphatic heterocycles. The minimum Gasteiger partial charge on any atom is -0.449 e. The van der Waals surface area contributed by atoms with Crippen LogP contribution in [0.25, 0.3) is 0 Å². The monoisotopic (exact) mass is 295 g/mol. The summed E-state index contributed by atoms with van der Waals surface area (Å²) in [5.41, 5.74) is 0.812. The quantitative estimate of drug-likeness (QED) is 0.648. The molecule has 5 heteroatoms. The molecule has 0 fully saturated rings. The van der Waals surface area contributed by atoms with Crippen molar-refractivity contribution in [3.8, 4) is 0 Å². The molecule has 0 aliphatic rings. The summed E-state index contributed by atoms with van der Waals surface area (Å²) in [6, 6.07) is 7.23. The molecule has 1 amide bonds. The predicted molar refractivity (Wildman–Crippen MR) is 78.3 cm³/mol. The van der Waals surface area contributed by atoms with E-state index in [4.69, 9.17) is 16.3 Å². The summed E-state index contributed by atoms with van der Waals surface area (Å²) >= 11 is 5.98. The van der Waals surface area contributed by atoms with Gasteiger partial charge in [0.1, 0.15) is 0 Å². The Morgan fingerprint density at radius 2 is 2.10 bits per heavy atom. The number of esters is 1. The van der Waals surface area contributed by atoms with Crippen LogP contribution in [0, 0.1) is 0 Å². The maximum Gasteiger partial charge on any atom is 0.331 e. The second-order valence-corrected chi connectivity index (χ2v) is 4.61. The van der Waals surface area contributed by atoms with Crippen molar-refractivity contribution >= 4 is 23.5 Å². The molecule has 1 N–H and O–H groups in total. The number of nitrogens with one attached hydrogen (secondary N) is 1. The van der Waals surface area contributed by atoms with E-state index in [1.165, 1.54) is 13.0 Å². The number of carbonyl (C=O) groups is 2. The molecule has 1 atom stereocenters. The number of ether oxygens (including phenoxy) is 1. The molecule has 4 nitrogen and oxygen atoms in total. The maximum atomic E-state index is 11.8. The molecule has 0 bridgehead atoms. The van der Waals surface area contributed by atoms with Crippen LogP contribution in [-0.4, -0.2) is 18.0 Å². The second kappa shape index (κ2) is 8.38. The molecular weight excluding hydrogens is 278 g/mol. The van der Waals surface area contributed by atoms with E-state index in [1.807, 2.05) is 25.1 Å². The standard InChI is InChI=1S/C15H18ClNO3/c1-3-4-9-14(18)20-11(2)15(19)17-10-12-7-5-6-8-13(12)16/h4-9,11H,3,10H2,1-2H3,(H,17,19)/b9-4+/t11-/m1/s1. The first-order valence-corrected chi connectivity index (χ1v) is 6.80. The van der Waals surface area contributed by atoms with Gasteiger partial charge >= 0.3 is 5.97 Å². The molecule has 108 valence electrons. The fraction of sp³-hybridized carbons (Fsp3) is 0.333. The van der Waals surface area contributed by atoms with Crippen molar-refractivity contribution in [1.29, 1.82) is 0 Å². The Bertz CT molecular complexity index is 500. The number of hydrogen-bond donors (Lipinski definition) is 1. The van der Waals surface area contributed by atoms with Crippen LogP contribution in [0.3, 0.4) is 0 Å². The molecule has 1 rings (SSSR count). The molecule has 0 unspecified atom stereocenters. The van der Waals surface area contributed by atoms with Crippen LogP contribution in [0.2, 0.25) is 5.02 Å². The molecule has 0 aromatic heterocycles. The highest BCUT2D eigenvalue weighted by atomic mass is 35.5. The summed E-state index contributed by atoms with van der Waals surface area (Å²) in [6.07, 6.45) is 2.89. The summed E-state index contributed by atoms with van der Waals surface area (Å²) in [6.45, 7) is 3.73. The molecule has 0 saturated carbocycles. The maximum absolute atomic E-state index is 11.8. The zero-order chi connectivity index (χ0) is 15.0. The Morgan fingerprint density at radius 1 is 1.40 bits per heavy atom. The van der Waals surface area contributed by atoms with E-state index in [0.717, 1.165) is 12.0 Å². The highest BCUT2D eigenvalue weighted by Crippen LogP contribution is 2.14. The highest BCUT2D eigenvalue weighted by molar-refractivity contribution is 6.31. The van der Waals surface area contributed by atoms with Gasteiger partial charge in [-0.15, -0.1) is 0 Å². The van der Waals surface area contributed by atoms with Gasteiger partial charge in [0.15, 0.2) is 6.10 Å². The van der Waals surface area contributed by atoms with E-state index >= 15 is 0 Å². The Labute approximate surface area is 123 Å². The van der Waals surface area contributed by atoms with E-state index in [2.05, 4.69) is 5.32 Å². The number of amides is 1. The van der Waals surface area contributed by atoms with Gasteiger partial charge in [-0.2, -0.15) is 0 Å². The molecule has 0 spiro atoms. The lowest BCUT2D eigenvalue weighted by Gasteiger charge is -2.12. The van der Waals surface area contributed by atoms with Crippen LogP contribution >= 0.6 is 11.6 Å². The largest absolute Gasteiger partial charge is 0.449 e. The first kappa shape index (κ1) is 16.2. The normalized spacial score (nSPS) is 12.2.